The van der Waals surface area contributed by atoms with Crippen molar-refractivity contribution < 1.29 is 9.47 Å². The molecule has 4 aliphatic rings. The average Bonchev–Trinajstić information content (AvgIpc) is 3.07. The predicted molar refractivity (Wildman–Crippen MR) is 79.7 cm³/mol. The first-order valence-corrected chi connectivity index (χ1v) is 8.51. The summed E-state index contributed by atoms with van der Waals surface area (Å²) in [5, 5.41) is 0. The molecule has 4 rings (SSSR count). The maximum absolute atomic E-state index is 6.19. The average molecular weight is 274 g/mol. The van der Waals surface area contributed by atoms with E-state index in [1.165, 1.54) is 75.4 Å². The Balaban J connectivity index is 1.53. The summed E-state index contributed by atoms with van der Waals surface area (Å²) in [6.45, 7) is 1.62. The summed E-state index contributed by atoms with van der Waals surface area (Å²) < 4.78 is 12.4. The summed E-state index contributed by atoms with van der Waals surface area (Å²) in [5.74, 6) is 0. The van der Waals surface area contributed by atoms with Crippen molar-refractivity contribution in [3.05, 3.63) is 23.3 Å². The van der Waals surface area contributed by atoms with Crippen molar-refractivity contribution in [3.8, 4) is 0 Å². The Hall–Kier alpha value is -0.600. The van der Waals surface area contributed by atoms with E-state index in [1.807, 2.05) is 0 Å². The number of hydrogen-bond acceptors (Lipinski definition) is 2. The molecule has 0 saturated heterocycles. The molecule has 0 aromatic heterocycles. The zero-order valence-corrected chi connectivity index (χ0v) is 12.5. The molecule has 0 unspecified atom stereocenters. The minimum atomic E-state index is 0.0801. The Bertz CT molecular complexity index is 392. The van der Waals surface area contributed by atoms with E-state index in [1.54, 1.807) is 0 Å². The first-order chi connectivity index (χ1) is 9.79. The molecule has 2 heteroatoms. The summed E-state index contributed by atoms with van der Waals surface area (Å²) in [6, 6.07) is 0. The van der Waals surface area contributed by atoms with Crippen molar-refractivity contribution in [1.82, 2.24) is 0 Å². The lowest BCUT2D eigenvalue weighted by molar-refractivity contribution is -0.00666. The molecule has 2 aliphatic carbocycles. The van der Waals surface area contributed by atoms with Crippen LogP contribution in [0.5, 0.6) is 0 Å². The van der Waals surface area contributed by atoms with Crippen LogP contribution in [0.4, 0.5) is 0 Å². The van der Waals surface area contributed by atoms with E-state index in [9.17, 15) is 0 Å². The van der Waals surface area contributed by atoms with Crippen molar-refractivity contribution in [1.29, 1.82) is 0 Å². The van der Waals surface area contributed by atoms with Crippen LogP contribution in [-0.2, 0) is 9.47 Å². The largest absolute Gasteiger partial charge is 0.366 e. The first-order valence-electron chi connectivity index (χ1n) is 8.51. The lowest BCUT2D eigenvalue weighted by Gasteiger charge is -2.30. The van der Waals surface area contributed by atoms with E-state index in [0.29, 0.717) is 0 Å². The maximum Gasteiger partial charge on any atom is 0.0873 e. The molecule has 2 heterocycles. The van der Waals surface area contributed by atoms with E-state index in [4.69, 9.17) is 9.47 Å². The van der Waals surface area contributed by atoms with Crippen molar-refractivity contribution in [2.24, 2.45) is 0 Å². The fourth-order valence-corrected chi connectivity index (χ4v) is 4.49. The van der Waals surface area contributed by atoms with Crippen LogP contribution in [0.25, 0.3) is 0 Å². The van der Waals surface area contributed by atoms with Crippen LogP contribution in [0.1, 0.15) is 64.2 Å². The van der Waals surface area contributed by atoms with Crippen LogP contribution in [0.2, 0.25) is 0 Å². The molecule has 110 valence electrons. The minimum Gasteiger partial charge on any atom is -0.366 e. The van der Waals surface area contributed by atoms with Gasteiger partial charge in [-0.05, 0) is 49.0 Å². The summed E-state index contributed by atoms with van der Waals surface area (Å²) >= 11 is 0. The van der Waals surface area contributed by atoms with E-state index in [-0.39, 0.29) is 11.2 Å². The van der Waals surface area contributed by atoms with E-state index < -0.39 is 0 Å². The molecule has 2 spiro atoms. The summed E-state index contributed by atoms with van der Waals surface area (Å²) in [6.07, 6.45) is 17.8. The third-order valence-electron chi connectivity index (χ3n) is 5.72. The fourth-order valence-electron chi connectivity index (χ4n) is 4.49. The van der Waals surface area contributed by atoms with E-state index >= 15 is 0 Å². The Morgan fingerprint density at radius 2 is 1.00 bits per heavy atom. The SMILES string of the molecule is C1=C(C2=CC3(CCCCC3)OC2)COC12CCCCC2. The molecule has 0 amide bonds. The second kappa shape index (κ2) is 4.99. The number of rotatable bonds is 1. The Morgan fingerprint density at radius 1 is 0.600 bits per heavy atom. The molecule has 0 N–H and O–H groups in total. The minimum absolute atomic E-state index is 0.0801. The Kier molecular flexibility index (Phi) is 3.27. The molecule has 2 aliphatic heterocycles. The Labute approximate surface area is 122 Å². The molecular weight excluding hydrogens is 248 g/mol. The van der Waals surface area contributed by atoms with Crippen LogP contribution in [-0.4, -0.2) is 24.4 Å². The first kappa shape index (κ1) is 13.1. The van der Waals surface area contributed by atoms with Gasteiger partial charge in [0.15, 0.2) is 0 Å². The highest BCUT2D eigenvalue weighted by Gasteiger charge is 2.40. The zero-order valence-electron chi connectivity index (χ0n) is 12.5. The second-order valence-electron chi connectivity index (χ2n) is 7.17. The summed E-state index contributed by atoms with van der Waals surface area (Å²) in [4.78, 5) is 0. The molecule has 2 nitrogen and oxygen atoms in total. The van der Waals surface area contributed by atoms with Gasteiger partial charge in [-0.25, -0.2) is 0 Å². The fraction of sp³-hybridized carbons (Fsp3) is 0.778. The third kappa shape index (κ3) is 2.27. The van der Waals surface area contributed by atoms with Crippen molar-refractivity contribution in [3.63, 3.8) is 0 Å². The van der Waals surface area contributed by atoms with E-state index in [0.717, 1.165) is 13.2 Å². The van der Waals surface area contributed by atoms with Crippen LogP contribution in [0.3, 0.4) is 0 Å². The van der Waals surface area contributed by atoms with Gasteiger partial charge in [0.1, 0.15) is 0 Å². The van der Waals surface area contributed by atoms with Crippen LogP contribution in [0, 0.1) is 0 Å². The monoisotopic (exact) mass is 274 g/mol. The van der Waals surface area contributed by atoms with Gasteiger partial charge in [-0.2, -0.15) is 0 Å². The number of hydrogen-bond donors (Lipinski definition) is 0. The number of ether oxygens (including phenoxy) is 2. The quantitative estimate of drug-likeness (QED) is 0.709. The lowest BCUT2D eigenvalue weighted by atomic mass is 9.83. The van der Waals surface area contributed by atoms with Crippen LogP contribution in [0.15, 0.2) is 23.3 Å². The highest BCUT2D eigenvalue weighted by atomic mass is 16.5. The molecule has 0 atom stereocenters. The molecule has 0 bridgehead atoms. The van der Waals surface area contributed by atoms with Gasteiger partial charge in [0.25, 0.3) is 0 Å². The smallest absolute Gasteiger partial charge is 0.0873 e. The summed E-state index contributed by atoms with van der Waals surface area (Å²) in [7, 11) is 0. The van der Waals surface area contributed by atoms with Gasteiger partial charge < -0.3 is 9.47 Å². The molecule has 2 fully saturated rings. The van der Waals surface area contributed by atoms with Gasteiger partial charge in [0.05, 0.1) is 24.4 Å². The molecular formula is C18H26O2. The topological polar surface area (TPSA) is 18.5 Å². The van der Waals surface area contributed by atoms with E-state index in [2.05, 4.69) is 12.2 Å². The van der Waals surface area contributed by atoms with Gasteiger partial charge >= 0.3 is 0 Å². The van der Waals surface area contributed by atoms with Gasteiger partial charge in [0.2, 0.25) is 0 Å². The molecule has 0 radical (unpaired) electrons. The van der Waals surface area contributed by atoms with Gasteiger partial charge in [-0.3, -0.25) is 0 Å². The molecule has 20 heavy (non-hydrogen) atoms. The van der Waals surface area contributed by atoms with Crippen LogP contribution >= 0.6 is 0 Å². The third-order valence-corrected chi connectivity index (χ3v) is 5.72. The zero-order chi connectivity index (χ0) is 13.5. The highest BCUT2D eigenvalue weighted by molar-refractivity contribution is 5.41. The van der Waals surface area contributed by atoms with Crippen molar-refractivity contribution in [2.45, 2.75) is 75.4 Å². The van der Waals surface area contributed by atoms with Gasteiger partial charge in [-0.1, -0.05) is 38.5 Å². The predicted octanol–water partition coefficient (Wildman–Crippen LogP) is 4.31. The molecule has 0 aromatic rings. The standard InChI is InChI=1S/C18H26O2/c1-3-7-17(8-4-1)11-15(13-19-17)16-12-18(20-14-16)9-5-2-6-10-18/h11-12H,1-10,13-14H2. The van der Waals surface area contributed by atoms with Gasteiger partial charge in [0, 0.05) is 0 Å². The lowest BCUT2D eigenvalue weighted by Crippen LogP contribution is -2.29. The molecule has 2 saturated carbocycles. The van der Waals surface area contributed by atoms with Crippen molar-refractivity contribution in [2.75, 3.05) is 13.2 Å². The van der Waals surface area contributed by atoms with Gasteiger partial charge in [-0.15, -0.1) is 0 Å². The second-order valence-corrected chi connectivity index (χ2v) is 7.17. The normalized spacial score (nSPS) is 31.6. The maximum atomic E-state index is 6.19. The summed E-state index contributed by atoms with van der Waals surface area (Å²) in [5.41, 5.74) is 3.01. The highest BCUT2D eigenvalue weighted by Crippen LogP contribution is 2.43. The Morgan fingerprint density at radius 3 is 1.40 bits per heavy atom. The molecule has 0 aromatic carbocycles. The van der Waals surface area contributed by atoms with Crippen molar-refractivity contribution >= 4 is 0 Å². The van der Waals surface area contributed by atoms with Crippen LogP contribution < -0.4 is 0 Å².